The van der Waals surface area contributed by atoms with Crippen LogP contribution in [0.3, 0.4) is 0 Å². The fourth-order valence-corrected chi connectivity index (χ4v) is 9.46. The minimum absolute atomic E-state index is 0.0944. The van der Waals surface area contributed by atoms with E-state index in [4.69, 9.17) is 37.7 Å². The molecule has 0 amide bonds. The van der Waals surface area contributed by atoms with Crippen molar-refractivity contribution in [1.29, 1.82) is 0 Å². The fourth-order valence-electron chi connectivity index (χ4n) is 9.46. The Kier molecular flexibility index (Phi) is 15.1. The summed E-state index contributed by atoms with van der Waals surface area (Å²) in [4.78, 5) is 18.5. The van der Waals surface area contributed by atoms with Crippen LogP contribution in [0.5, 0.6) is 0 Å². The highest BCUT2D eigenvalue weighted by Crippen LogP contribution is 2.42. The highest BCUT2D eigenvalue weighted by molar-refractivity contribution is 6.35. The van der Waals surface area contributed by atoms with Gasteiger partial charge in [0.25, 0.3) is 0 Å². The van der Waals surface area contributed by atoms with Gasteiger partial charge in [-0.25, -0.2) is 0 Å². The highest BCUT2D eigenvalue weighted by Gasteiger charge is 2.58. The van der Waals surface area contributed by atoms with Crippen LogP contribution in [0.15, 0.2) is 0 Å². The number of hydrogen-bond acceptors (Lipinski definition) is 15. The highest BCUT2D eigenvalue weighted by atomic mass is 16.7. The number of likely N-dealkylation sites (N-methyl/N-ethyl adjacent to an activating group) is 2. The van der Waals surface area contributed by atoms with Crippen LogP contribution in [-0.2, 0) is 42.5 Å². The van der Waals surface area contributed by atoms with Crippen molar-refractivity contribution >= 4 is 13.3 Å². The first-order valence-electron chi connectivity index (χ1n) is 19.8. The summed E-state index contributed by atoms with van der Waals surface area (Å²) in [6.45, 7) is 18.9. The Bertz CT molecular complexity index is 1240. The quantitative estimate of drug-likeness (QED) is 0.218. The van der Waals surface area contributed by atoms with Crippen molar-refractivity contribution in [1.82, 2.24) is 9.80 Å². The van der Waals surface area contributed by atoms with E-state index in [9.17, 15) is 25.1 Å². The Morgan fingerprint density at radius 3 is 2.26 bits per heavy atom. The van der Waals surface area contributed by atoms with Crippen LogP contribution in [-0.4, -0.2) is 169 Å². The lowest BCUT2D eigenvalue weighted by atomic mass is 9.77. The van der Waals surface area contributed by atoms with Gasteiger partial charge >= 0.3 is 13.3 Å². The molecule has 0 radical (unpaired) electrons. The van der Waals surface area contributed by atoms with E-state index in [1.807, 2.05) is 60.7 Å². The summed E-state index contributed by atoms with van der Waals surface area (Å²) in [6.07, 6.45) is -7.01. The molecule has 0 aliphatic carbocycles. The molecule has 314 valence electrons. The number of esters is 1. The van der Waals surface area contributed by atoms with Crippen LogP contribution in [0.2, 0.25) is 0 Å². The number of nitrogens with zero attached hydrogens (tertiary/aromatic N) is 2. The molecule has 0 aromatic heterocycles. The Balaban J connectivity index is 1.83. The number of carbonyl (C=O) groups excluding carboxylic acids is 1. The Morgan fingerprint density at radius 1 is 1.02 bits per heavy atom. The first kappa shape index (κ1) is 45.7. The molecule has 4 N–H and O–H groups in total. The van der Waals surface area contributed by atoms with E-state index in [1.54, 1.807) is 34.6 Å². The van der Waals surface area contributed by atoms with E-state index in [1.165, 1.54) is 7.11 Å². The summed E-state index contributed by atoms with van der Waals surface area (Å²) in [5.41, 5.74) is -3.75. The Morgan fingerprint density at radius 2 is 1.67 bits per heavy atom. The van der Waals surface area contributed by atoms with Gasteiger partial charge in [-0.3, -0.25) is 4.79 Å². The maximum Gasteiger partial charge on any atom is 0.637 e. The zero-order chi connectivity index (χ0) is 40.7. The van der Waals surface area contributed by atoms with E-state index in [-0.39, 0.29) is 36.9 Å². The minimum Gasteiger partial charge on any atom is -0.459 e. The zero-order valence-electron chi connectivity index (χ0n) is 35.1. The van der Waals surface area contributed by atoms with Crippen molar-refractivity contribution in [2.24, 2.45) is 17.8 Å². The molecule has 4 aliphatic rings. The molecule has 18 atom stereocenters. The molecule has 4 saturated heterocycles. The largest absolute Gasteiger partial charge is 0.637 e. The average molecular weight is 775 g/mol. The van der Waals surface area contributed by atoms with Crippen LogP contribution in [0.4, 0.5) is 0 Å². The molecule has 0 aromatic rings. The molecular weight excluding hydrogens is 703 g/mol. The Labute approximate surface area is 323 Å². The summed E-state index contributed by atoms with van der Waals surface area (Å²) in [5, 5.41) is 45.8. The van der Waals surface area contributed by atoms with Crippen LogP contribution >= 0.6 is 0 Å². The SMILES string of the molecule is CC[C@H]1OC(=O)[C@H](C)[C@@H](O[C@H]2C[C@@](C)(OC)[C@@H](O)[C@H](C)O2)[C@H](C)[C@@H](O[C@@H]2O[C@H](C)C[C@H](N(C)C)[C@H]2O)[C@](C)(O)C[C@@H](C)CN(C)[C@H](C)[C@H]2OB(O)O[C@@]21C. The first-order chi connectivity index (χ1) is 25.0. The predicted octanol–water partition coefficient (Wildman–Crippen LogP) is 1.94. The summed E-state index contributed by atoms with van der Waals surface area (Å²) >= 11 is 0. The molecule has 4 heterocycles. The van der Waals surface area contributed by atoms with Gasteiger partial charge in [-0.05, 0) is 94.8 Å². The summed E-state index contributed by atoms with van der Waals surface area (Å²) in [7, 11) is 5.76. The van der Waals surface area contributed by atoms with Gasteiger partial charge in [0.15, 0.2) is 12.6 Å². The minimum atomic E-state index is -1.53. The molecule has 15 nitrogen and oxygen atoms in total. The van der Waals surface area contributed by atoms with Crippen LogP contribution in [0.1, 0.15) is 94.9 Å². The van der Waals surface area contributed by atoms with Crippen molar-refractivity contribution in [2.75, 3.05) is 34.8 Å². The number of hydrogen-bond donors (Lipinski definition) is 4. The van der Waals surface area contributed by atoms with Crippen LogP contribution in [0.25, 0.3) is 0 Å². The number of carbonyl (C=O) groups is 1. The van der Waals surface area contributed by atoms with Gasteiger partial charge in [-0.1, -0.05) is 20.8 Å². The molecule has 16 heteroatoms. The lowest BCUT2D eigenvalue weighted by molar-refractivity contribution is -0.318. The maximum absolute atomic E-state index is 14.4. The number of rotatable bonds is 7. The molecule has 54 heavy (non-hydrogen) atoms. The Hall–Kier alpha value is -0.985. The van der Waals surface area contributed by atoms with E-state index >= 15 is 0 Å². The number of methoxy groups -OCH3 is 1. The van der Waals surface area contributed by atoms with E-state index in [0.29, 0.717) is 19.4 Å². The number of aliphatic hydroxyl groups excluding tert-OH is 2. The topological polar surface area (TPSA) is 178 Å². The average Bonchev–Trinajstić information content (AvgIpc) is 3.40. The van der Waals surface area contributed by atoms with Gasteiger partial charge in [0, 0.05) is 38.1 Å². The fraction of sp³-hybridized carbons (Fsp3) is 0.974. The molecule has 4 rings (SSSR count). The lowest BCUT2D eigenvalue weighted by Crippen LogP contribution is -2.60. The summed E-state index contributed by atoms with van der Waals surface area (Å²) < 4.78 is 50.0. The van der Waals surface area contributed by atoms with Crippen molar-refractivity contribution in [3.8, 4) is 0 Å². The maximum atomic E-state index is 14.4. The first-order valence-corrected chi connectivity index (χ1v) is 19.8. The zero-order valence-corrected chi connectivity index (χ0v) is 35.1. The molecule has 0 spiro atoms. The van der Waals surface area contributed by atoms with Crippen molar-refractivity contribution < 1.29 is 62.9 Å². The normalized spacial score (nSPS) is 49.3. The third kappa shape index (κ3) is 9.65. The van der Waals surface area contributed by atoms with Gasteiger partial charge in [0.05, 0.1) is 47.6 Å². The van der Waals surface area contributed by atoms with E-state index < -0.39 is 97.2 Å². The van der Waals surface area contributed by atoms with E-state index in [0.717, 1.165) is 0 Å². The number of cyclic esters (lactones) is 1. The smallest absolute Gasteiger partial charge is 0.459 e. The molecule has 4 aliphatic heterocycles. The van der Waals surface area contributed by atoms with Gasteiger partial charge in [0.2, 0.25) is 0 Å². The summed E-state index contributed by atoms with van der Waals surface area (Å²) in [6, 6.07) is -0.552. The van der Waals surface area contributed by atoms with Gasteiger partial charge in [-0.15, -0.1) is 0 Å². The lowest BCUT2D eigenvalue weighted by Gasteiger charge is -2.48. The second-order valence-corrected chi connectivity index (χ2v) is 17.7. The van der Waals surface area contributed by atoms with E-state index in [2.05, 4.69) is 4.90 Å². The molecule has 4 fully saturated rings. The van der Waals surface area contributed by atoms with Gasteiger partial charge < -0.3 is 67.9 Å². The predicted molar refractivity (Wildman–Crippen MR) is 200 cm³/mol. The molecule has 0 saturated carbocycles. The molecular formula is C38H71BN2O13. The molecule has 0 bridgehead atoms. The van der Waals surface area contributed by atoms with Crippen LogP contribution in [0, 0.1) is 17.8 Å². The number of aliphatic hydroxyl groups is 3. The van der Waals surface area contributed by atoms with Crippen molar-refractivity contribution in [3.05, 3.63) is 0 Å². The van der Waals surface area contributed by atoms with Gasteiger partial charge in [-0.2, -0.15) is 0 Å². The third-order valence-corrected chi connectivity index (χ3v) is 12.8. The second kappa shape index (κ2) is 17.9. The standard InChI is InChI=1S/C38H71BN2O13/c1-15-27-38(10)33(53-39(46)54-38)24(6)41(13)19-20(2)17-36(8,45)32(52-35-29(42)26(40(11)12)16-21(3)48-35)22(4)30(23(5)34(44)50-27)51-28-18-37(9,47-14)31(43)25(7)49-28/h20-33,35,42-43,45-46H,15-19H2,1-14H3/t20-,21-,22+,23-,24-,25+,26+,27-,28+,29-,30+,31+,32-,33-,35+,36-,37-,38-/m1/s1. The number of fused-ring (bicyclic) bond motifs is 1. The van der Waals surface area contributed by atoms with Gasteiger partial charge in [0.1, 0.15) is 23.9 Å². The van der Waals surface area contributed by atoms with Crippen molar-refractivity contribution in [2.45, 2.75) is 185 Å². The second-order valence-electron chi connectivity index (χ2n) is 17.7. The van der Waals surface area contributed by atoms with Crippen LogP contribution < -0.4 is 0 Å². The number of ether oxygens (including phenoxy) is 6. The molecule has 0 unspecified atom stereocenters. The summed E-state index contributed by atoms with van der Waals surface area (Å²) in [5.74, 6) is -2.38. The molecule has 0 aromatic carbocycles. The third-order valence-electron chi connectivity index (χ3n) is 12.8. The monoisotopic (exact) mass is 775 g/mol. The van der Waals surface area contributed by atoms with Crippen molar-refractivity contribution in [3.63, 3.8) is 0 Å².